The number of nitrogens with zero attached hydrogens (tertiary/aromatic N) is 3. The van der Waals surface area contributed by atoms with Crippen molar-refractivity contribution in [2.24, 2.45) is 5.92 Å². The first-order valence-electron chi connectivity index (χ1n) is 11.6. The third-order valence-corrected chi connectivity index (χ3v) is 6.47. The number of pyridine rings is 1. The molecule has 7 nitrogen and oxygen atoms in total. The van der Waals surface area contributed by atoms with Gasteiger partial charge in [-0.1, -0.05) is 6.07 Å². The zero-order valence-electron chi connectivity index (χ0n) is 20.0. The second-order valence-corrected chi connectivity index (χ2v) is 10.2. The van der Waals surface area contributed by atoms with Gasteiger partial charge in [0.15, 0.2) is 0 Å². The van der Waals surface area contributed by atoms with Crippen molar-refractivity contribution in [3.63, 3.8) is 0 Å². The fourth-order valence-electron chi connectivity index (χ4n) is 4.47. The first-order chi connectivity index (χ1) is 16.0. The van der Waals surface area contributed by atoms with Crippen molar-refractivity contribution in [3.8, 4) is 0 Å². The summed E-state index contributed by atoms with van der Waals surface area (Å²) in [7, 11) is 0. The summed E-state index contributed by atoms with van der Waals surface area (Å²) >= 11 is 0. The van der Waals surface area contributed by atoms with E-state index in [9.17, 15) is 19.1 Å². The number of hydrogen-bond acceptors (Lipinski definition) is 5. The van der Waals surface area contributed by atoms with Crippen molar-refractivity contribution in [1.82, 2.24) is 14.8 Å². The molecule has 34 heavy (non-hydrogen) atoms. The standard InChI is InChI=1S/C26H31FN4O3/c1-25(2,27)23-7-5-6-20(28-23)24(33)29-22-12-17-14-31(18-10-8-16(15-32)9-11-18)30-21(17)13-19(22)26(3,4)34/h5-7,12-16,18,34H,8-11H2,1-4H3,(H,29,33). The molecule has 0 unspecified atom stereocenters. The van der Waals surface area contributed by atoms with Gasteiger partial charge < -0.3 is 15.2 Å². The molecule has 0 spiro atoms. The van der Waals surface area contributed by atoms with Crippen molar-refractivity contribution in [3.05, 3.63) is 53.5 Å². The first-order valence-corrected chi connectivity index (χ1v) is 11.6. The van der Waals surface area contributed by atoms with E-state index in [0.717, 1.165) is 37.4 Å². The van der Waals surface area contributed by atoms with Gasteiger partial charge in [-0.2, -0.15) is 5.10 Å². The monoisotopic (exact) mass is 466 g/mol. The number of carbonyl (C=O) groups excluding carboxylic acids is 2. The Morgan fingerprint density at radius 1 is 1.18 bits per heavy atom. The number of fused-ring (bicyclic) bond motifs is 1. The molecule has 1 fully saturated rings. The highest BCUT2D eigenvalue weighted by Gasteiger charge is 2.27. The number of alkyl halides is 1. The Morgan fingerprint density at radius 2 is 1.88 bits per heavy atom. The summed E-state index contributed by atoms with van der Waals surface area (Å²) in [5.41, 5.74) is -0.972. The minimum absolute atomic E-state index is 0.0904. The summed E-state index contributed by atoms with van der Waals surface area (Å²) in [6, 6.07) is 8.46. The molecular formula is C26H31FN4O3. The molecule has 2 N–H and O–H groups in total. The van der Waals surface area contributed by atoms with Crippen LogP contribution < -0.4 is 5.32 Å². The highest BCUT2D eigenvalue weighted by Crippen LogP contribution is 2.35. The van der Waals surface area contributed by atoms with E-state index >= 15 is 0 Å². The number of aliphatic hydroxyl groups is 1. The quantitative estimate of drug-likeness (QED) is 0.496. The lowest BCUT2D eigenvalue weighted by Crippen LogP contribution is -2.22. The van der Waals surface area contributed by atoms with Crippen LogP contribution >= 0.6 is 0 Å². The number of halogens is 1. The Morgan fingerprint density at radius 3 is 2.50 bits per heavy atom. The molecule has 2 heterocycles. The third kappa shape index (κ3) is 5.01. The van der Waals surface area contributed by atoms with Crippen molar-refractivity contribution >= 4 is 28.8 Å². The van der Waals surface area contributed by atoms with Crippen LogP contribution in [0, 0.1) is 5.92 Å². The summed E-state index contributed by atoms with van der Waals surface area (Å²) in [4.78, 5) is 28.2. The maximum atomic E-state index is 14.3. The van der Waals surface area contributed by atoms with Gasteiger partial charge >= 0.3 is 0 Å². The van der Waals surface area contributed by atoms with Gasteiger partial charge in [0.2, 0.25) is 0 Å². The van der Waals surface area contributed by atoms with Crippen LogP contribution in [0.1, 0.15) is 81.2 Å². The summed E-state index contributed by atoms with van der Waals surface area (Å²) in [5.74, 6) is -0.365. The van der Waals surface area contributed by atoms with Crippen molar-refractivity contribution in [1.29, 1.82) is 0 Å². The average Bonchev–Trinajstić information content (AvgIpc) is 3.20. The largest absolute Gasteiger partial charge is 0.386 e. The number of hydrogen-bond donors (Lipinski definition) is 2. The van der Waals surface area contributed by atoms with Crippen LogP contribution in [-0.2, 0) is 16.1 Å². The van der Waals surface area contributed by atoms with E-state index in [-0.39, 0.29) is 23.3 Å². The second-order valence-electron chi connectivity index (χ2n) is 10.2. The topological polar surface area (TPSA) is 97.1 Å². The Balaban J connectivity index is 1.66. The molecule has 4 rings (SSSR count). The van der Waals surface area contributed by atoms with Gasteiger partial charge in [-0.25, -0.2) is 9.37 Å². The summed E-state index contributed by atoms with van der Waals surface area (Å²) in [5, 5.41) is 19.2. The lowest BCUT2D eigenvalue weighted by Gasteiger charge is -2.25. The number of benzene rings is 1. The van der Waals surface area contributed by atoms with Crippen LogP contribution in [0.3, 0.4) is 0 Å². The molecule has 0 saturated heterocycles. The fraction of sp³-hybridized carbons (Fsp3) is 0.462. The number of anilines is 1. The van der Waals surface area contributed by atoms with Gasteiger partial charge in [0.05, 0.1) is 22.9 Å². The van der Waals surface area contributed by atoms with E-state index in [4.69, 9.17) is 5.10 Å². The molecule has 1 saturated carbocycles. The molecule has 180 valence electrons. The van der Waals surface area contributed by atoms with Crippen molar-refractivity contribution in [2.45, 2.75) is 70.7 Å². The maximum Gasteiger partial charge on any atom is 0.274 e. The van der Waals surface area contributed by atoms with E-state index in [1.807, 2.05) is 10.9 Å². The minimum atomic E-state index is -1.67. The van der Waals surface area contributed by atoms with Crippen LogP contribution in [0.2, 0.25) is 0 Å². The van der Waals surface area contributed by atoms with E-state index < -0.39 is 17.2 Å². The molecule has 1 amide bonds. The summed E-state index contributed by atoms with van der Waals surface area (Å²) < 4.78 is 16.3. The molecule has 1 aliphatic rings. The molecular weight excluding hydrogens is 435 g/mol. The molecule has 0 bridgehead atoms. The molecule has 1 aromatic carbocycles. The minimum Gasteiger partial charge on any atom is -0.386 e. The smallest absolute Gasteiger partial charge is 0.274 e. The molecule has 1 aliphatic carbocycles. The normalized spacial score (nSPS) is 19.2. The van der Waals surface area contributed by atoms with E-state index in [1.165, 1.54) is 19.9 Å². The Labute approximate surface area is 198 Å². The number of aldehydes is 1. The maximum absolute atomic E-state index is 14.3. The van der Waals surface area contributed by atoms with Gasteiger partial charge in [-0.05, 0) is 77.6 Å². The predicted molar refractivity (Wildman–Crippen MR) is 128 cm³/mol. The Bertz CT molecular complexity index is 1210. The highest BCUT2D eigenvalue weighted by molar-refractivity contribution is 6.04. The van der Waals surface area contributed by atoms with Crippen LogP contribution in [-0.4, -0.2) is 32.1 Å². The van der Waals surface area contributed by atoms with Gasteiger partial charge in [0.25, 0.3) is 5.91 Å². The summed E-state index contributed by atoms with van der Waals surface area (Å²) in [6.07, 6.45) is 6.44. The molecule has 0 radical (unpaired) electrons. The number of amides is 1. The number of rotatable bonds is 6. The van der Waals surface area contributed by atoms with Crippen LogP contribution in [0.4, 0.5) is 10.1 Å². The highest BCUT2D eigenvalue weighted by atomic mass is 19.1. The molecule has 0 aliphatic heterocycles. The SMILES string of the molecule is CC(C)(O)c1cc2nn(C3CCC(C=O)CC3)cc2cc1NC(=O)c1cccc(C(C)(C)F)n1. The number of aromatic nitrogens is 3. The van der Waals surface area contributed by atoms with Gasteiger partial charge in [0.1, 0.15) is 17.6 Å². The van der Waals surface area contributed by atoms with Gasteiger partial charge in [-0.15, -0.1) is 0 Å². The lowest BCUT2D eigenvalue weighted by atomic mass is 9.87. The molecule has 3 aromatic rings. The molecule has 0 atom stereocenters. The second kappa shape index (κ2) is 8.91. The fourth-order valence-corrected chi connectivity index (χ4v) is 4.47. The van der Waals surface area contributed by atoms with Crippen LogP contribution in [0.25, 0.3) is 10.9 Å². The number of nitrogens with one attached hydrogen (secondary N) is 1. The van der Waals surface area contributed by atoms with Crippen molar-refractivity contribution < 1.29 is 19.1 Å². The van der Waals surface area contributed by atoms with E-state index in [0.29, 0.717) is 16.8 Å². The number of carbonyl (C=O) groups is 2. The van der Waals surface area contributed by atoms with Crippen molar-refractivity contribution in [2.75, 3.05) is 5.32 Å². The molecule has 2 aromatic heterocycles. The van der Waals surface area contributed by atoms with Crippen LogP contribution in [0.15, 0.2) is 36.5 Å². The first kappa shape index (κ1) is 24.0. The van der Waals surface area contributed by atoms with Gasteiger partial charge in [0, 0.05) is 28.8 Å². The summed E-state index contributed by atoms with van der Waals surface area (Å²) in [6.45, 7) is 6.07. The molecule has 8 heteroatoms. The third-order valence-electron chi connectivity index (χ3n) is 6.47. The van der Waals surface area contributed by atoms with E-state index in [1.54, 1.807) is 38.1 Å². The lowest BCUT2D eigenvalue weighted by molar-refractivity contribution is -0.112. The van der Waals surface area contributed by atoms with Gasteiger partial charge in [-0.3, -0.25) is 9.48 Å². The zero-order chi connectivity index (χ0) is 24.7. The Kier molecular flexibility index (Phi) is 6.29. The average molecular weight is 467 g/mol. The predicted octanol–water partition coefficient (Wildman–Crippen LogP) is 5.05. The Hall–Kier alpha value is -3.13. The van der Waals surface area contributed by atoms with Crippen LogP contribution in [0.5, 0.6) is 0 Å². The van der Waals surface area contributed by atoms with E-state index in [2.05, 4.69) is 10.3 Å². The zero-order valence-corrected chi connectivity index (χ0v) is 20.0.